The van der Waals surface area contributed by atoms with Crippen LogP contribution < -0.4 is 4.74 Å². The summed E-state index contributed by atoms with van der Waals surface area (Å²) in [5.41, 5.74) is 1.72. The van der Waals surface area contributed by atoms with Gasteiger partial charge in [0.25, 0.3) is 5.91 Å². The van der Waals surface area contributed by atoms with E-state index in [1.165, 1.54) is 23.9 Å². The molecule has 1 aliphatic rings. The Morgan fingerprint density at radius 2 is 2.11 bits per heavy atom. The number of ether oxygens (including phenoxy) is 1. The van der Waals surface area contributed by atoms with Crippen molar-refractivity contribution in [2.75, 3.05) is 12.4 Å². The summed E-state index contributed by atoms with van der Waals surface area (Å²) >= 11 is 1.53. The third-order valence-corrected chi connectivity index (χ3v) is 5.45. The molecule has 0 spiro atoms. The Morgan fingerprint density at radius 1 is 1.32 bits per heavy atom. The van der Waals surface area contributed by atoms with Crippen LogP contribution >= 0.6 is 11.8 Å². The number of carbonyl (C=O) groups is 1. The second-order valence-electron chi connectivity index (χ2n) is 6.38. The quantitative estimate of drug-likeness (QED) is 0.533. The summed E-state index contributed by atoms with van der Waals surface area (Å²) in [6.07, 6.45) is 0.789. The lowest BCUT2D eigenvalue weighted by Gasteiger charge is -2.23. The highest BCUT2D eigenvalue weighted by molar-refractivity contribution is 8.14. The van der Waals surface area contributed by atoms with E-state index in [-0.39, 0.29) is 30.0 Å². The fraction of sp³-hybridized carbons (Fsp3) is 0.300. The molecule has 2 aromatic rings. The minimum Gasteiger partial charge on any atom is -0.477 e. The van der Waals surface area contributed by atoms with Crippen LogP contribution in [0, 0.1) is 17.0 Å². The number of benzene rings is 2. The van der Waals surface area contributed by atoms with E-state index in [0.29, 0.717) is 5.17 Å². The Bertz CT molecular complexity index is 916. The minimum atomic E-state index is -0.523. The molecule has 2 aromatic carbocycles. The predicted molar refractivity (Wildman–Crippen MR) is 110 cm³/mol. The molecule has 0 bridgehead atoms. The standard InChI is InChI=1S/C20H21N3O4S/c1-3-16-13-28-20(21-15-8-6-7-14(2)11-15)22(16)19(24)12-27-18-10-5-4-9-17(18)23(25)26/h4-11,16H,3,12-13H2,1-2H3/t16-/m1/s1. The van der Waals surface area contributed by atoms with Crippen LogP contribution in [-0.2, 0) is 4.79 Å². The zero-order valence-corrected chi connectivity index (χ0v) is 16.5. The molecule has 146 valence electrons. The Morgan fingerprint density at radius 3 is 2.82 bits per heavy atom. The number of nitro groups is 1. The van der Waals surface area contributed by atoms with Crippen LogP contribution in [0.15, 0.2) is 53.5 Å². The average molecular weight is 399 g/mol. The molecule has 28 heavy (non-hydrogen) atoms. The molecule has 0 saturated carbocycles. The summed E-state index contributed by atoms with van der Waals surface area (Å²) in [6.45, 7) is 3.72. The number of hydrogen-bond donors (Lipinski definition) is 0. The number of rotatable bonds is 6. The molecule has 1 fully saturated rings. The van der Waals surface area contributed by atoms with Gasteiger partial charge in [-0.25, -0.2) is 4.99 Å². The van der Waals surface area contributed by atoms with Crippen molar-refractivity contribution in [3.63, 3.8) is 0 Å². The topological polar surface area (TPSA) is 85.0 Å². The van der Waals surface area contributed by atoms with Gasteiger partial charge in [-0.05, 0) is 37.1 Å². The van der Waals surface area contributed by atoms with Crippen LogP contribution in [0.25, 0.3) is 0 Å². The summed E-state index contributed by atoms with van der Waals surface area (Å²) in [5.74, 6) is 0.581. The molecular weight excluding hydrogens is 378 g/mol. The number of para-hydroxylation sites is 2. The van der Waals surface area contributed by atoms with Crippen molar-refractivity contribution in [1.29, 1.82) is 0 Å². The Labute approximate surface area is 167 Å². The number of carbonyl (C=O) groups excluding carboxylic acids is 1. The van der Waals surface area contributed by atoms with E-state index in [9.17, 15) is 14.9 Å². The normalized spacial score (nSPS) is 17.7. The highest BCUT2D eigenvalue weighted by atomic mass is 32.2. The average Bonchev–Trinajstić information content (AvgIpc) is 3.09. The highest BCUT2D eigenvalue weighted by Crippen LogP contribution is 2.30. The maximum Gasteiger partial charge on any atom is 0.310 e. The van der Waals surface area contributed by atoms with E-state index in [0.717, 1.165) is 23.4 Å². The lowest BCUT2D eigenvalue weighted by molar-refractivity contribution is -0.385. The van der Waals surface area contributed by atoms with Crippen LogP contribution in [0.3, 0.4) is 0 Å². The Balaban J connectivity index is 1.78. The summed E-state index contributed by atoms with van der Waals surface area (Å²) < 4.78 is 5.49. The molecule has 1 atom stereocenters. The van der Waals surface area contributed by atoms with Gasteiger partial charge in [-0.2, -0.15) is 0 Å². The first kappa shape index (κ1) is 19.9. The molecule has 3 rings (SSSR count). The first-order valence-electron chi connectivity index (χ1n) is 8.96. The minimum absolute atomic E-state index is 0.0235. The van der Waals surface area contributed by atoms with Gasteiger partial charge in [0, 0.05) is 17.9 Å². The van der Waals surface area contributed by atoms with Gasteiger partial charge in [0.2, 0.25) is 0 Å². The summed E-state index contributed by atoms with van der Waals surface area (Å²) in [6, 6.07) is 13.8. The second-order valence-corrected chi connectivity index (χ2v) is 7.37. The van der Waals surface area contributed by atoms with Crippen LogP contribution in [0.2, 0.25) is 0 Å². The van der Waals surface area contributed by atoms with Crippen LogP contribution in [-0.4, -0.2) is 39.3 Å². The first-order valence-corrected chi connectivity index (χ1v) is 9.94. The maximum absolute atomic E-state index is 12.9. The van der Waals surface area contributed by atoms with Gasteiger partial charge in [0.15, 0.2) is 17.5 Å². The number of nitrogens with zero attached hydrogens (tertiary/aromatic N) is 3. The van der Waals surface area contributed by atoms with Crippen molar-refractivity contribution >= 4 is 34.2 Å². The number of nitro benzene ring substituents is 1. The molecule has 0 N–H and O–H groups in total. The van der Waals surface area contributed by atoms with Gasteiger partial charge in [0.1, 0.15) is 0 Å². The molecule has 8 heteroatoms. The maximum atomic E-state index is 12.9. The van der Waals surface area contributed by atoms with Crippen molar-refractivity contribution in [1.82, 2.24) is 4.90 Å². The van der Waals surface area contributed by atoms with Gasteiger partial charge in [-0.1, -0.05) is 43.0 Å². The van der Waals surface area contributed by atoms with Crippen LogP contribution in [0.5, 0.6) is 5.75 Å². The SMILES string of the molecule is CC[C@@H]1CSC(=Nc2cccc(C)c2)N1C(=O)COc1ccccc1[N+](=O)[O-]. The molecule has 1 heterocycles. The fourth-order valence-electron chi connectivity index (χ4n) is 2.91. The van der Waals surface area contributed by atoms with Crippen molar-refractivity contribution in [2.24, 2.45) is 4.99 Å². The summed E-state index contributed by atoms with van der Waals surface area (Å²) in [7, 11) is 0. The predicted octanol–water partition coefficient (Wildman–Crippen LogP) is 4.32. The van der Waals surface area contributed by atoms with E-state index >= 15 is 0 Å². The van der Waals surface area contributed by atoms with Crippen molar-refractivity contribution < 1.29 is 14.5 Å². The second kappa shape index (κ2) is 8.88. The zero-order chi connectivity index (χ0) is 20.1. The van der Waals surface area contributed by atoms with E-state index < -0.39 is 4.92 Å². The number of amides is 1. The third-order valence-electron chi connectivity index (χ3n) is 4.36. The van der Waals surface area contributed by atoms with Crippen molar-refractivity contribution in [3.8, 4) is 5.75 Å². The molecular formula is C20H21N3O4S. The van der Waals surface area contributed by atoms with Gasteiger partial charge < -0.3 is 4.74 Å². The number of hydrogen-bond acceptors (Lipinski definition) is 6. The fourth-order valence-corrected chi connectivity index (χ4v) is 4.20. The Kier molecular flexibility index (Phi) is 6.30. The molecule has 1 aliphatic heterocycles. The van der Waals surface area contributed by atoms with Crippen molar-refractivity contribution in [3.05, 3.63) is 64.2 Å². The molecule has 0 radical (unpaired) electrons. The lowest BCUT2D eigenvalue weighted by Crippen LogP contribution is -2.41. The Hall–Kier alpha value is -2.87. The van der Waals surface area contributed by atoms with Crippen molar-refractivity contribution in [2.45, 2.75) is 26.3 Å². The van der Waals surface area contributed by atoms with E-state index in [4.69, 9.17) is 4.74 Å². The van der Waals surface area contributed by atoms with Gasteiger partial charge >= 0.3 is 5.69 Å². The first-order chi connectivity index (χ1) is 13.5. The van der Waals surface area contributed by atoms with Gasteiger partial charge in [0.05, 0.1) is 10.6 Å². The van der Waals surface area contributed by atoms with E-state index in [1.807, 2.05) is 38.1 Å². The third kappa shape index (κ3) is 4.51. The van der Waals surface area contributed by atoms with Gasteiger partial charge in [-0.3, -0.25) is 19.8 Å². The number of amidine groups is 1. The molecule has 1 amide bonds. The molecule has 1 saturated heterocycles. The van der Waals surface area contributed by atoms with Crippen LogP contribution in [0.1, 0.15) is 18.9 Å². The molecule has 0 aliphatic carbocycles. The number of aryl methyl sites for hydroxylation is 1. The monoisotopic (exact) mass is 399 g/mol. The number of aliphatic imine (C=N–C) groups is 1. The smallest absolute Gasteiger partial charge is 0.310 e. The largest absolute Gasteiger partial charge is 0.477 e. The van der Waals surface area contributed by atoms with Gasteiger partial charge in [-0.15, -0.1) is 0 Å². The summed E-state index contributed by atoms with van der Waals surface area (Å²) in [5, 5.41) is 11.7. The van der Waals surface area contributed by atoms with E-state index in [1.54, 1.807) is 17.0 Å². The van der Waals surface area contributed by atoms with Crippen LogP contribution in [0.4, 0.5) is 11.4 Å². The molecule has 7 nitrogen and oxygen atoms in total. The number of thioether (sulfide) groups is 1. The van der Waals surface area contributed by atoms with E-state index in [2.05, 4.69) is 4.99 Å². The zero-order valence-electron chi connectivity index (χ0n) is 15.7. The lowest BCUT2D eigenvalue weighted by atomic mass is 10.2. The highest BCUT2D eigenvalue weighted by Gasteiger charge is 2.34. The molecule has 0 aromatic heterocycles. The summed E-state index contributed by atoms with van der Waals surface area (Å²) in [4.78, 5) is 29.8. The molecule has 0 unspecified atom stereocenters.